The van der Waals surface area contributed by atoms with Crippen molar-refractivity contribution < 1.29 is 13.2 Å². The van der Waals surface area contributed by atoms with Crippen molar-refractivity contribution in [2.24, 2.45) is 0 Å². The summed E-state index contributed by atoms with van der Waals surface area (Å²) in [6, 6.07) is 14.5. The van der Waals surface area contributed by atoms with E-state index >= 15 is 0 Å². The highest BCUT2D eigenvalue weighted by atomic mass is 32.2. The minimum Gasteiger partial charge on any atom is -0.374 e. The molecule has 2 aromatic carbocycles. The Morgan fingerprint density at radius 2 is 1.71 bits per heavy atom. The zero-order valence-corrected chi connectivity index (χ0v) is 17.3. The summed E-state index contributed by atoms with van der Waals surface area (Å²) >= 11 is 0. The Labute approximate surface area is 167 Å². The van der Waals surface area contributed by atoms with Gasteiger partial charge in [-0.15, -0.1) is 0 Å². The first-order chi connectivity index (χ1) is 13.3. The fourth-order valence-corrected chi connectivity index (χ4v) is 4.89. The number of rotatable bonds is 6. The summed E-state index contributed by atoms with van der Waals surface area (Å²) in [5, 5.41) is 6.16. The van der Waals surface area contributed by atoms with Gasteiger partial charge in [0.05, 0.1) is 11.4 Å². The van der Waals surface area contributed by atoms with Crippen molar-refractivity contribution >= 4 is 33.0 Å². The molecule has 6 nitrogen and oxygen atoms in total. The van der Waals surface area contributed by atoms with Gasteiger partial charge in [-0.2, -0.15) is 0 Å². The molecule has 1 saturated heterocycles. The van der Waals surface area contributed by atoms with E-state index in [1.54, 1.807) is 31.2 Å². The third-order valence-corrected chi connectivity index (χ3v) is 6.74. The molecular formula is C21H27N3O3S. The molecule has 28 heavy (non-hydrogen) atoms. The van der Waals surface area contributed by atoms with E-state index in [0.29, 0.717) is 24.6 Å². The molecule has 150 valence electrons. The number of anilines is 3. The van der Waals surface area contributed by atoms with Gasteiger partial charge in [0.15, 0.2) is 0 Å². The Kier molecular flexibility index (Phi) is 5.93. The van der Waals surface area contributed by atoms with Crippen LogP contribution < -0.4 is 14.9 Å². The number of carbonyl (C=O) groups is 1. The Hall–Kier alpha value is -2.54. The molecule has 1 aliphatic rings. The second-order valence-corrected chi connectivity index (χ2v) is 9.40. The molecule has 1 heterocycles. The predicted molar refractivity (Wildman–Crippen MR) is 114 cm³/mol. The lowest BCUT2D eigenvalue weighted by Gasteiger charge is -2.20. The first kappa shape index (κ1) is 20.2. The van der Waals surface area contributed by atoms with Gasteiger partial charge in [-0.05, 0) is 55.2 Å². The van der Waals surface area contributed by atoms with E-state index in [4.69, 9.17) is 0 Å². The van der Waals surface area contributed by atoms with Crippen LogP contribution in [0.25, 0.3) is 0 Å². The van der Waals surface area contributed by atoms with Crippen molar-refractivity contribution in [1.82, 2.24) is 0 Å². The van der Waals surface area contributed by atoms with Gasteiger partial charge in [0.25, 0.3) is 0 Å². The SMILES string of the molecule is CC(C)c1ccccc1NC(=O)[C@@H](C)Nc1ccc(N2CCCS2(=O)=O)cc1. The Morgan fingerprint density at radius 1 is 1.04 bits per heavy atom. The molecule has 1 fully saturated rings. The zero-order valence-electron chi connectivity index (χ0n) is 16.5. The van der Waals surface area contributed by atoms with Gasteiger partial charge >= 0.3 is 0 Å². The van der Waals surface area contributed by atoms with Crippen molar-refractivity contribution in [2.45, 2.75) is 39.2 Å². The number of benzene rings is 2. The number of hydrogen-bond acceptors (Lipinski definition) is 4. The molecule has 7 heteroatoms. The van der Waals surface area contributed by atoms with Gasteiger partial charge in [-0.1, -0.05) is 32.0 Å². The van der Waals surface area contributed by atoms with Crippen LogP contribution in [0, 0.1) is 0 Å². The van der Waals surface area contributed by atoms with Crippen LogP contribution in [-0.2, 0) is 14.8 Å². The topological polar surface area (TPSA) is 78.5 Å². The predicted octanol–water partition coefficient (Wildman–Crippen LogP) is 3.79. The normalized spacial score (nSPS) is 16.8. The standard InChI is InChI=1S/C21H27N3O3S/c1-15(2)19-7-4-5-8-20(19)23-21(25)16(3)22-17-9-11-18(12-10-17)24-13-6-14-28(24,26)27/h4-5,7-12,15-16,22H,6,13-14H2,1-3H3,(H,23,25)/t16-/m1/s1. The van der Waals surface area contributed by atoms with Crippen molar-refractivity contribution in [3.8, 4) is 0 Å². The molecule has 0 bridgehead atoms. The largest absolute Gasteiger partial charge is 0.374 e. The van der Waals surface area contributed by atoms with E-state index < -0.39 is 16.1 Å². The van der Waals surface area contributed by atoms with Gasteiger partial charge in [-0.3, -0.25) is 9.10 Å². The van der Waals surface area contributed by atoms with Gasteiger partial charge in [0.2, 0.25) is 15.9 Å². The van der Waals surface area contributed by atoms with E-state index in [9.17, 15) is 13.2 Å². The van der Waals surface area contributed by atoms with Gasteiger partial charge in [0, 0.05) is 17.9 Å². The molecule has 0 aromatic heterocycles. The summed E-state index contributed by atoms with van der Waals surface area (Å²) < 4.78 is 25.5. The van der Waals surface area contributed by atoms with Gasteiger partial charge in [0.1, 0.15) is 6.04 Å². The van der Waals surface area contributed by atoms with E-state index in [-0.39, 0.29) is 11.7 Å². The number of para-hydroxylation sites is 1. The summed E-state index contributed by atoms with van der Waals surface area (Å²) in [7, 11) is -3.19. The number of sulfonamides is 1. The third kappa shape index (κ3) is 4.47. The lowest BCUT2D eigenvalue weighted by atomic mass is 10.0. The minimum absolute atomic E-state index is 0.126. The highest BCUT2D eigenvalue weighted by molar-refractivity contribution is 7.93. The molecule has 0 spiro atoms. The van der Waals surface area contributed by atoms with Crippen LogP contribution in [-0.4, -0.2) is 32.7 Å². The smallest absolute Gasteiger partial charge is 0.246 e. The summed E-state index contributed by atoms with van der Waals surface area (Å²) in [5.74, 6) is 0.385. The van der Waals surface area contributed by atoms with Gasteiger partial charge in [-0.25, -0.2) is 8.42 Å². The number of nitrogens with zero attached hydrogens (tertiary/aromatic N) is 1. The molecular weight excluding hydrogens is 374 g/mol. The van der Waals surface area contributed by atoms with Crippen LogP contribution in [0.1, 0.15) is 38.7 Å². The number of carbonyl (C=O) groups excluding carboxylic acids is 1. The second kappa shape index (κ2) is 8.22. The Morgan fingerprint density at radius 3 is 2.32 bits per heavy atom. The van der Waals surface area contributed by atoms with Crippen LogP contribution in [0.5, 0.6) is 0 Å². The molecule has 0 saturated carbocycles. The van der Waals surface area contributed by atoms with Crippen LogP contribution >= 0.6 is 0 Å². The summed E-state index contributed by atoms with van der Waals surface area (Å²) in [5.41, 5.74) is 3.34. The zero-order chi connectivity index (χ0) is 20.3. The molecule has 0 aliphatic carbocycles. The van der Waals surface area contributed by atoms with Crippen molar-refractivity contribution in [1.29, 1.82) is 0 Å². The number of nitrogens with one attached hydrogen (secondary N) is 2. The maximum Gasteiger partial charge on any atom is 0.246 e. The Bertz CT molecular complexity index is 940. The second-order valence-electron chi connectivity index (χ2n) is 7.39. The van der Waals surface area contributed by atoms with E-state index in [2.05, 4.69) is 24.5 Å². The fourth-order valence-electron chi connectivity index (χ4n) is 3.32. The van der Waals surface area contributed by atoms with Crippen molar-refractivity contribution in [2.75, 3.05) is 27.2 Å². The first-order valence-corrected chi connectivity index (χ1v) is 11.2. The molecule has 0 unspecified atom stereocenters. The monoisotopic (exact) mass is 401 g/mol. The van der Waals surface area contributed by atoms with E-state index in [1.165, 1.54) is 4.31 Å². The molecule has 2 N–H and O–H groups in total. The highest BCUT2D eigenvalue weighted by Crippen LogP contribution is 2.26. The molecule has 1 amide bonds. The summed E-state index contributed by atoms with van der Waals surface area (Å²) in [4.78, 5) is 12.6. The average Bonchev–Trinajstić information content (AvgIpc) is 3.01. The fraction of sp³-hybridized carbons (Fsp3) is 0.381. The molecule has 1 aliphatic heterocycles. The van der Waals surface area contributed by atoms with Crippen LogP contribution in [0.3, 0.4) is 0 Å². The van der Waals surface area contributed by atoms with Crippen LogP contribution in [0.2, 0.25) is 0 Å². The number of amides is 1. The quantitative estimate of drug-likeness (QED) is 0.772. The highest BCUT2D eigenvalue weighted by Gasteiger charge is 2.28. The van der Waals surface area contributed by atoms with Crippen molar-refractivity contribution in [3.05, 3.63) is 54.1 Å². The first-order valence-electron chi connectivity index (χ1n) is 9.55. The van der Waals surface area contributed by atoms with Gasteiger partial charge < -0.3 is 10.6 Å². The molecule has 0 radical (unpaired) electrons. The maximum absolute atomic E-state index is 12.6. The van der Waals surface area contributed by atoms with E-state index in [1.807, 2.05) is 24.3 Å². The average molecular weight is 402 g/mol. The van der Waals surface area contributed by atoms with Crippen LogP contribution in [0.15, 0.2) is 48.5 Å². The lowest BCUT2D eigenvalue weighted by molar-refractivity contribution is -0.116. The Balaban J connectivity index is 1.65. The minimum atomic E-state index is -3.19. The maximum atomic E-state index is 12.6. The lowest BCUT2D eigenvalue weighted by Crippen LogP contribution is -2.32. The molecule has 3 rings (SSSR count). The molecule has 1 atom stereocenters. The third-order valence-electron chi connectivity index (χ3n) is 4.87. The van der Waals surface area contributed by atoms with Crippen LogP contribution in [0.4, 0.5) is 17.1 Å². The molecule has 2 aromatic rings. The number of hydrogen-bond donors (Lipinski definition) is 2. The summed E-state index contributed by atoms with van der Waals surface area (Å²) in [6.07, 6.45) is 0.650. The van der Waals surface area contributed by atoms with Crippen molar-refractivity contribution in [3.63, 3.8) is 0 Å². The summed E-state index contributed by atoms with van der Waals surface area (Å²) in [6.45, 7) is 6.50. The van der Waals surface area contributed by atoms with E-state index in [0.717, 1.165) is 16.9 Å².